The van der Waals surface area contributed by atoms with Gasteiger partial charge in [-0.25, -0.2) is 0 Å². The van der Waals surface area contributed by atoms with E-state index in [1.165, 1.54) is 75.3 Å². The molecule has 1 amide bonds. The van der Waals surface area contributed by atoms with Crippen LogP contribution in [0.4, 0.5) is 5.69 Å². The maximum atomic E-state index is 12.8. The van der Waals surface area contributed by atoms with Crippen molar-refractivity contribution in [3.05, 3.63) is 29.3 Å². The van der Waals surface area contributed by atoms with Gasteiger partial charge >= 0.3 is 0 Å². The summed E-state index contributed by atoms with van der Waals surface area (Å²) in [7, 11) is 2.03. The van der Waals surface area contributed by atoms with E-state index in [0.717, 1.165) is 12.1 Å². The van der Waals surface area contributed by atoms with Gasteiger partial charge in [0.1, 0.15) is 6.04 Å². The Labute approximate surface area is 190 Å². The molecule has 0 saturated carbocycles. The van der Waals surface area contributed by atoms with Crippen molar-refractivity contribution in [2.45, 2.75) is 110 Å². The Bertz CT molecular complexity index is 659. The number of carbonyl (C=O) groups excluding carboxylic acids is 1. The van der Waals surface area contributed by atoms with E-state index in [1.807, 2.05) is 7.05 Å². The standard InChI is InChI=1S/C27H46N2O2/c1-5-6-7-8-9-10-11-12-13-14-15-22-16-17-23-19-24(20-30)28-27(31)26(21(2)3)29(4)25(23)18-22/h16-18,21,24,26,30H,5-15,19-20H2,1-4H3,(H,28,31)/t24-,26-/m0/s1. The maximum absolute atomic E-state index is 12.8. The SMILES string of the molecule is CCCCCCCCCCCCc1ccc2c(c1)N(C)[C@@H](C(C)C)C(=O)N[C@H](CO)C2. The van der Waals surface area contributed by atoms with E-state index >= 15 is 0 Å². The smallest absolute Gasteiger partial charge is 0.243 e. The number of aliphatic hydroxyl groups is 1. The highest BCUT2D eigenvalue weighted by molar-refractivity contribution is 5.86. The number of hydrogen-bond acceptors (Lipinski definition) is 3. The molecular weight excluding hydrogens is 384 g/mol. The molecule has 4 nitrogen and oxygen atoms in total. The summed E-state index contributed by atoms with van der Waals surface area (Å²) >= 11 is 0. The number of benzene rings is 1. The third-order valence-corrected chi connectivity index (χ3v) is 6.70. The molecule has 2 N–H and O–H groups in total. The van der Waals surface area contributed by atoms with Gasteiger partial charge in [0.25, 0.3) is 0 Å². The van der Waals surface area contributed by atoms with Gasteiger partial charge in [-0.2, -0.15) is 0 Å². The number of amides is 1. The molecule has 0 fully saturated rings. The first kappa shape index (κ1) is 25.7. The zero-order chi connectivity index (χ0) is 22.6. The molecule has 1 aromatic rings. The highest BCUT2D eigenvalue weighted by Crippen LogP contribution is 2.29. The molecule has 31 heavy (non-hydrogen) atoms. The van der Waals surface area contributed by atoms with Crippen LogP contribution in [-0.4, -0.2) is 36.8 Å². The van der Waals surface area contributed by atoms with Crippen LogP contribution in [0, 0.1) is 5.92 Å². The number of unbranched alkanes of at least 4 members (excludes halogenated alkanes) is 9. The normalized spacial score (nSPS) is 19.2. The molecule has 4 heteroatoms. The first-order chi connectivity index (χ1) is 15.0. The lowest BCUT2D eigenvalue weighted by molar-refractivity contribution is -0.124. The number of likely N-dealkylation sites (N-methyl/N-ethyl adjacent to an activating group) is 1. The molecule has 1 heterocycles. The summed E-state index contributed by atoms with van der Waals surface area (Å²) in [5.41, 5.74) is 3.71. The van der Waals surface area contributed by atoms with Gasteiger partial charge in [0, 0.05) is 12.7 Å². The van der Waals surface area contributed by atoms with E-state index in [9.17, 15) is 9.90 Å². The van der Waals surface area contributed by atoms with Crippen LogP contribution in [0.25, 0.3) is 0 Å². The van der Waals surface area contributed by atoms with Crippen LogP contribution < -0.4 is 10.2 Å². The van der Waals surface area contributed by atoms with E-state index in [-0.39, 0.29) is 30.5 Å². The van der Waals surface area contributed by atoms with Gasteiger partial charge in [-0.3, -0.25) is 4.79 Å². The first-order valence-electron chi connectivity index (χ1n) is 12.7. The molecule has 0 aromatic heterocycles. The largest absolute Gasteiger partial charge is 0.394 e. The van der Waals surface area contributed by atoms with Crippen LogP contribution in [0.5, 0.6) is 0 Å². The van der Waals surface area contributed by atoms with Gasteiger partial charge in [-0.05, 0) is 42.4 Å². The van der Waals surface area contributed by atoms with Crippen molar-refractivity contribution < 1.29 is 9.90 Å². The third-order valence-electron chi connectivity index (χ3n) is 6.70. The topological polar surface area (TPSA) is 52.6 Å². The highest BCUT2D eigenvalue weighted by atomic mass is 16.3. The Morgan fingerprint density at radius 3 is 2.23 bits per heavy atom. The number of aryl methyl sites for hydroxylation is 1. The van der Waals surface area contributed by atoms with Crippen LogP contribution in [-0.2, 0) is 17.6 Å². The minimum atomic E-state index is -0.222. The van der Waals surface area contributed by atoms with Crippen LogP contribution in [0.2, 0.25) is 0 Å². The Morgan fingerprint density at radius 2 is 1.65 bits per heavy atom. The van der Waals surface area contributed by atoms with Gasteiger partial charge in [0.2, 0.25) is 5.91 Å². The minimum absolute atomic E-state index is 0.0160. The molecule has 0 bridgehead atoms. The van der Waals surface area contributed by atoms with E-state index in [2.05, 4.69) is 49.2 Å². The Balaban J connectivity index is 1.90. The van der Waals surface area contributed by atoms with E-state index < -0.39 is 0 Å². The summed E-state index contributed by atoms with van der Waals surface area (Å²) in [6.45, 7) is 6.42. The molecule has 0 radical (unpaired) electrons. The number of hydrogen-bond donors (Lipinski definition) is 2. The number of aliphatic hydroxyl groups excluding tert-OH is 1. The second-order valence-electron chi connectivity index (χ2n) is 9.79. The Kier molecular flexibility index (Phi) is 11.4. The van der Waals surface area contributed by atoms with Crippen molar-refractivity contribution in [3.8, 4) is 0 Å². The first-order valence-corrected chi connectivity index (χ1v) is 12.7. The van der Waals surface area contributed by atoms with E-state index in [1.54, 1.807) is 0 Å². The number of anilines is 1. The number of nitrogens with zero attached hydrogens (tertiary/aromatic N) is 1. The molecule has 1 aliphatic rings. The maximum Gasteiger partial charge on any atom is 0.243 e. The second kappa shape index (κ2) is 13.8. The molecule has 0 unspecified atom stereocenters. The third kappa shape index (κ3) is 8.14. The van der Waals surface area contributed by atoms with Gasteiger partial charge in [-0.15, -0.1) is 0 Å². The fourth-order valence-corrected chi connectivity index (χ4v) is 4.87. The van der Waals surface area contributed by atoms with Crippen LogP contribution >= 0.6 is 0 Å². The number of rotatable bonds is 13. The summed E-state index contributed by atoms with van der Waals surface area (Å²) in [5.74, 6) is 0.211. The van der Waals surface area contributed by atoms with Crippen molar-refractivity contribution >= 4 is 11.6 Å². The molecule has 0 aliphatic carbocycles. The molecule has 0 saturated heterocycles. The lowest BCUT2D eigenvalue weighted by atomic mass is 9.93. The zero-order valence-corrected chi connectivity index (χ0v) is 20.5. The van der Waals surface area contributed by atoms with Crippen molar-refractivity contribution in [1.82, 2.24) is 5.32 Å². The van der Waals surface area contributed by atoms with Crippen molar-refractivity contribution in [2.24, 2.45) is 5.92 Å². The van der Waals surface area contributed by atoms with Crippen LogP contribution in [0.3, 0.4) is 0 Å². The number of fused-ring (bicyclic) bond motifs is 1. The molecule has 0 spiro atoms. The summed E-state index contributed by atoms with van der Waals surface area (Å²) in [5, 5.41) is 12.8. The fourth-order valence-electron chi connectivity index (χ4n) is 4.87. The van der Waals surface area contributed by atoms with Crippen LogP contribution in [0.15, 0.2) is 18.2 Å². The summed E-state index contributed by atoms with van der Waals surface area (Å²) < 4.78 is 0. The lowest BCUT2D eigenvalue weighted by Gasteiger charge is -2.37. The van der Waals surface area contributed by atoms with E-state index in [0.29, 0.717) is 6.42 Å². The monoisotopic (exact) mass is 430 g/mol. The number of nitrogens with one attached hydrogen (secondary N) is 1. The molecule has 176 valence electrons. The average molecular weight is 431 g/mol. The highest BCUT2D eigenvalue weighted by Gasteiger charge is 2.32. The van der Waals surface area contributed by atoms with Crippen LogP contribution in [0.1, 0.15) is 96.1 Å². The molecule has 1 aromatic carbocycles. The van der Waals surface area contributed by atoms with Gasteiger partial charge in [0.15, 0.2) is 0 Å². The fraction of sp³-hybridized carbons (Fsp3) is 0.741. The average Bonchev–Trinajstić information content (AvgIpc) is 2.74. The van der Waals surface area contributed by atoms with E-state index in [4.69, 9.17) is 0 Å². The second-order valence-corrected chi connectivity index (χ2v) is 9.79. The molecular formula is C27H46N2O2. The molecule has 2 rings (SSSR count). The molecule has 1 aliphatic heterocycles. The Morgan fingerprint density at radius 1 is 1.03 bits per heavy atom. The quantitative estimate of drug-likeness (QED) is 0.398. The summed E-state index contributed by atoms with van der Waals surface area (Å²) in [6, 6.07) is 6.29. The van der Waals surface area contributed by atoms with Crippen molar-refractivity contribution in [2.75, 3.05) is 18.6 Å². The predicted molar refractivity (Wildman–Crippen MR) is 132 cm³/mol. The predicted octanol–water partition coefficient (Wildman–Crippen LogP) is 5.64. The number of carbonyl (C=O) groups is 1. The van der Waals surface area contributed by atoms with Gasteiger partial charge in [0.05, 0.1) is 12.6 Å². The molecule has 2 atom stereocenters. The minimum Gasteiger partial charge on any atom is -0.394 e. The van der Waals surface area contributed by atoms with Crippen molar-refractivity contribution in [1.29, 1.82) is 0 Å². The summed E-state index contributed by atoms with van der Waals surface area (Å²) in [6.07, 6.45) is 15.3. The zero-order valence-electron chi connectivity index (χ0n) is 20.5. The summed E-state index contributed by atoms with van der Waals surface area (Å²) in [4.78, 5) is 14.9. The lowest BCUT2D eigenvalue weighted by Crippen LogP contribution is -2.54. The van der Waals surface area contributed by atoms with Crippen molar-refractivity contribution in [3.63, 3.8) is 0 Å². The van der Waals surface area contributed by atoms with Gasteiger partial charge < -0.3 is 15.3 Å². The Hall–Kier alpha value is -1.55. The van der Waals surface area contributed by atoms with Gasteiger partial charge in [-0.1, -0.05) is 90.7 Å².